The van der Waals surface area contributed by atoms with E-state index in [2.05, 4.69) is 9.73 Å². The number of halogens is 3. The van der Waals surface area contributed by atoms with Crippen molar-refractivity contribution in [1.29, 1.82) is 0 Å². The third-order valence-corrected chi connectivity index (χ3v) is 1.80. The standard InChI is InChI=1S/C10H7F3N2O3/c11-10(12,13)4-18-8-2-1-6(9(14)17)3-7(8)15-5-16/h1-3H,4H2,(H2,14,17). The van der Waals surface area contributed by atoms with E-state index < -0.39 is 18.7 Å². The second-order valence-corrected chi connectivity index (χ2v) is 3.15. The van der Waals surface area contributed by atoms with E-state index >= 15 is 0 Å². The molecule has 1 amide bonds. The Morgan fingerprint density at radius 2 is 2.11 bits per heavy atom. The molecule has 0 aromatic heterocycles. The van der Waals surface area contributed by atoms with E-state index in [-0.39, 0.29) is 17.0 Å². The fourth-order valence-electron chi connectivity index (χ4n) is 1.09. The number of isocyanates is 1. The minimum Gasteiger partial charge on any atom is -0.482 e. The lowest BCUT2D eigenvalue weighted by Gasteiger charge is -2.10. The molecular formula is C10H7F3N2O3. The molecule has 0 aliphatic carbocycles. The highest BCUT2D eigenvalue weighted by Gasteiger charge is 2.28. The fourth-order valence-corrected chi connectivity index (χ4v) is 1.09. The van der Waals surface area contributed by atoms with Crippen LogP contribution < -0.4 is 10.5 Å². The lowest BCUT2D eigenvalue weighted by Crippen LogP contribution is -2.19. The van der Waals surface area contributed by atoms with Gasteiger partial charge >= 0.3 is 6.18 Å². The van der Waals surface area contributed by atoms with Gasteiger partial charge in [-0.2, -0.15) is 18.2 Å². The quantitative estimate of drug-likeness (QED) is 0.660. The lowest BCUT2D eigenvalue weighted by atomic mass is 10.2. The summed E-state index contributed by atoms with van der Waals surface area (Å²) in [7, 11) is 0. The van der Waals surface area contributed by atoms with Gasteiger partial charge in [0.25, 0.3) is 0 Å². The molecule has 0 saturated carbocycles. The number of rotatable bonds is 4. The normalized spacial score (nSPS) is 10.6. The molecule has 0 heterocycles. The Labute approximate surface area is 99.1 Å². The van der Waals surface area contributed by atoms with E-state index in [0.29, 0.717) is 0 Å². The van der Waals surface area contributed by atoms with Crippen LogP contribution in [-0.2, 0) is 4.79 Å². The summed E-state index contributed by atoms with van der Waals surface area (Å²) in [5, 5.41) is 0. The summed E-state index contributed by atoms with van der Waals surface area (Å²) < 4.78 is 40.3. The van der Waals surface area contributed by atoms with Crippen molar-refractivity contribution in [3.8, 4) is 5.75 Å². The molecule has 0 aliphatic heterocycles. The SMILES string of the molecule is NC(=O)c1ccc(OCC(F)(F)F)c(N=C=O)c1. The predicted molar refractivity (Wildman–Crippen MR) is 54.3 cm³/mol. The molecule has 0 radical (unpaired) electrons. The van der Waals surface area contributed by atoms with Gasteiger partial charge in [0.15, 0.2) is 6.61 Å². The van der Waals surface area contributed by atoms with Crippen LogP contribution in [0.2, 0.25) is 0 Å². The van der Waals surface area contributed by atoms with Gasteiger partial charge < -0.3 is 10.5 Å². The predicted octanol–water partition coefficient (Wildman–Crippen LogP) is 1.69. The highest BCUT2D eigenvalue weighted by atomic mass is 19.4. The van der Waals surface area contributed by atoms with Crippen LogP contribution in [0.5, 0.6) is 5.75 Å². The van der Waals surface area contributed by atoms with Gasteiger partial charge in [0, 0.05) is 5.56 Å². The van der Waals surface area contributed by atoms with Crippen molar-refractivity contribution in [3.05, 3.63) is 23.8 Å². The van der Waals surface area contributed by atoms with Crippen molar-refractivity contribution in [2.24, 2.45) is 10.7 Å². The summed E-state index contributed by atoms with van der Waals surface area (Å²) >= 11 is 0. The topological polar surface area (TPSA) is 81.8 Å². The van der Waals surface area contributed by atoms with Gasteiger partial charge in [0.1, 0.15) is 11.4 Å². The van der Waals surface area contributed by atoms with E-state index in [4.69, 9.17) is 5.73 Å². The smallest absolute Gasteiger partial charge is 0.422 e. The molecule has 96 valence electrons. The zero-order chi connectivity index (χ0) is 13.8. The number of ether oxygens (including phenoxy) is 1. The van der Waals surface area contributed by atoms with Crippen LogP contribution in [0, 0.1) is 0 Å². The van der Waals surface area contributed by atoms with Crippen molar-refractivity contribution in [2.75, 3.05) is 6.61 Å². The molecule has 1 rings (SSSR count). The summed E-state index contributed by atoms with van der Waals surface area (Å²) in [6.07, 6.45) is -3.37. The number of hydrogen-bond acceptors (Lipinski definition) is 4. The molecule has 0 saturated heterocycles. The largest absolute Gasteiger partial charge is 0.482 e. The monoisotopic (exact) mass is 260 g/mol. The number of nitrogens with zero attached hydrogens (tertiary/aromatic N) is 1. The molecular weight excluding hydrogens is 253 g/mol. The summed E-state index contributed by atoms with van der Waals surface area (Å²) in [6.45, 7) is -1.54. The first-order valence-corrected chi connectivity index (χ1v) is 4.55. The van der Waals surface area contributed by atoms with Crippen LogP contribution in [0.4, 0.5) is 18.9 Å². The molecule has 18 heavy (non-hydrogen) atoms. The average molecular weight is 260 g/mol. The van der Waals surface area contributed by atoms with Gasteiger partial charge in [0.2, 0.25) is 12.0 Å². The molecule has 2 N–H and O–H groups in total. The Balaban J connectivity index is 3.04. The van der Waals surface area contributed by atoms with Crippen molar-refractivity contribution in [3.63, 3.8) is 0 Å². The number of hydrogen-bond donors (Lipinski definition) is 1. The maximum atomic E-state index is 12.0. The fraction of sp³-hybridized carbons (Fsp3) is 0.200. The zero-order valence-electron chi connectivity index (χ0n) is 8.82. The Kier molecular flexibility index (Phi) is 4.06. The van der Waals surface area contributed by atoms with Crippen LogP contribution in [0.3, 0.4) is 0 Å². The highest BCUT2D eigenvalue weighted by molar-refractivity contribution is 5.94. The Hall–Kier alpha value is -2.34. The minimum atomic E-state index is -4.52. The number of benzene rings is 1. The van der Waals surface area contributed by atoms with E-state index in [1.165, 1.54) is 0 Å². The minimum absolute atomic E-state index is 0.0108. The second kappa shape index (κ2) is 5.33. The van der Waals surface area contributed by atoms with Gasteiger partial charge in [-0.3, -0.25) is 4.79 Å². The maximum absolute atomic E-state index is 12.0. The van der Waals surface area contributed by atoms with Crippen LogP contribution in [-0.4, -0.2) is 24.8 Å². The van der Waals surface area contributed by atoms with Gasteiger partial charge in [-0.1, -0.05) is 0 Å². The van der Waals surface area contributed by atoms with E-state index in [9.17, 15) is 22.8 Å². The maximum Gasteiger partial charge on any atom is 0.422 e. The van der Waals surface area contributed by atoms with Crippen LogP contribution in [0.25, 0.3) is 0 Å². The van der Waals surface area contributed by atoms with Gasteiger partial charge in [-0.25, -0.2) is 4.79 Å². The molecule has 0 aliphatic rings. The van der Waals surface area contributed by atoms with Gasteiger partial charge in [-0.15, -0.1) is 0 Å². The molecule has 0 bridgehead atoms. The van der Waals surface area contributed by atoms with Gasteiger partial charge in [0.05, 0.1) is 0 Å². The zero-order valence-corrected chi connectivity index (χ0v) is 8.82. The lowest BCUT2D eigenvalue weighted by molar-refractivity contribution is -0.153. The number of nitrogens with two attached hydrogens (primary N) is 1. The number of primary amides is 1. The molecule has 1 aromatic rings. The van der Waals surface area contributed by atoms with E-state index in [1.807, 2.05) is 0 Å². The molecule has 0 atom stereocenters. The number of amides is 1. The number of alkyl halides is 3. The molecule has 8 heteroatoms. The first kappa shape index (κ1) is 13.7. The summed E-state index contributed by atoms with van der Waals surface area (Å²) in [4.78, 5) is 24.1. The number of carbonyl (C=O) groups is 1. The van der Waals surface area contributed by atoms with Crippen molar-refractivity contribution in [1.82, 2.24) is 0 Å². The Morgan fingerprint density at radius 3 is 2.61 bits per heavy atom. The molecule has 5 nitrogen and oxygen atoms in total. The van der Waals surface area contributed by atoms with Crippen LogP contribution in [0.1, 0.15) is 10.4 Å². The van der Waals surface area contributed by atoms with Crippen LogP contribution in [0.15, 0.2) is 23.2 Å². The van der Waals surface area contributed by atoms with Crippen LogP contribution >= 0.6 is 0 Å². The first-order chi connectivity index (χ1) is 8.33. The Morgan fingerprint density at radius 1 is 1.44 bits per heavy atom. The summed E-state index contributed by atoms with van der Waals surface area (Å²) in [5.41, 5.74) is 4.72. The molecule has 0 spiro atoms. The highest BCUT2D eigenvalue weighted by Crippen LogP contribution is 2.29. The molecule has 0 fully saturated rings. The van der Waals surface area contributed by atoms with E-state index in [0.717, 1.165) is 24.3 Å². The summed E-state index contributed by atoms with van der Waals surface area (Å²) in [6, 6.07) is 3.28. The van der Waals surface area contributed by atoms with Crippen molar-refractivity contribution < 1.29 is 27.5 Å². The van der Waals surface area contributed by atoms with Crippen molar-refractivity contribution in [2.45, 2.75) is 6.18 Å². The third-order valence-electron chi connectivity index (χ3n) is 1.80. The molecule has 0 unspecified atom stereocenters. The number of aliphatic imine (C=N–C) groups is 1. The number of carbonyl (C=O) groups excluding carboxylic acids is 2. The first-order valence-electron chi connectivity index (χ1n) is 4.55. The van der Waals surface area contributed by atoms with Crippen molar-refractivity contribution >= 4 is 17.7 Å². The summed E-state index contributed by atoms with van der Waals surface area (Å²) in [5.74, 6) is -1.10. The third kappa shape index (κ3) is 3.91. The van der Waals surface area contributed by atoms with Gasteiger partial charge in [-0.05, 0) is 18.2 Å². The average Bonchev–Trinajstić information content (AvgIpc) is 2.26. The van der Waals surface area contributed by atoms with E-state index in [1.54, 1.807) is 0 Å². The molecule has 1 aromatic carbocycles. The Bertz CT molecular complexity index is 508. The second-order valence-electron chi connectivity index (χ2n) is 3.15.